The van der Waals surface area contributed by atoms with E-state index in [1.54, 1.807) is 18.2 Å². The van der Waals surface area contributed by atoms with Crippen LogP contribution in [0.1, 0.15) is 21.9 Å². The lowest BCUT2D eigenvalue weighted by Gasteiger charge is -2.09. The van der Waals surface area contributed by atoms with Gasteiger partial charge in [-0.05, 0) is 48.9 Å². The van der Waals surface area contributed by atoms with Crippen molar-refractivity contribution in [3.05, 3.63) is 80.9 Å². The second-order valence-corrected chi connectivity index (χ2v) is 6.84. The highest BCUT2D eigenvalue weighted by Gasteiger charge is 2.14. The Morgan fingerprint density at radius 3 is 2.81 bits per heavy atom. The van der Waals surface area contributed by atoms with Gasteiger partial charge in [0.25, 0.3) is 5.91 Å². The zero-order valence-electron chi connectivity index (χ0n) is 13.7. The van der Waals surface area contributed by atoms with Crippen molar-refractivity contribution in [2.45, 2.75) is 13.5 Å². The molecule has 1 amide bonds. The molecule has 0 unspecified atom stereocenters. The van der Waals surface area contributed by atoms with Crippen molar-refractivity contribution >= 4 is 39.1 Å². The Kier molecular flexibility index (Phi) is 5.64. The van der Waals surface area contributed by atoms with Crippen LogP contribution >= 0.6 is 27.5 Å². The van der Waals surface area contributed by atoms with Crippen molar-refractivity contribution in [1.82, 2.24) is 0 Å². The first-order valence-corrected chi connectivity index (χ1v) is 8.84. The molecule has 1 heterocycles. The first kappa shape index (κ1) is 18.5. The maximum atomic E-state index is 13.8. The molecular formula is C19H14BrClFNO3. The van der Waals surface area contributed by atoms with Gasteiger partial charge in [0.15, 0.2) is 5.76 Å². The van der Waals surface area contributed by atoms with Crippen LogP contribution in [0.5, 0.6) is 5.75 Å². The van der Waals surface area contributed by atoms with Gasteiger partial charge in [0, 0.05) is 4.47 Å². The van der Waals surface area contributed by atoms with Gasteiger partial charge in [-0.25, -0.2) is 4.39 Å². The number of nitrogens with one attached hydrogen (secondary N) is 1. The highest BCUT2D eigenvalue weighted by Crippen LogP contribution is 2.29. The van der Waals surface area contributed by atoms with Crippen molar-refractivity contribution in [2.24, 2.45) is 0 Å². The molecule has 134 valence electrons. The third-order valence-electron chi connectivity index (χ3n) is 3.59. The number of hydrogen-bond acceptors (Lipinski definition) is 3. The first-order valence-electron chi connectivity index (χ1n) is 7.67. The number of para-hydroxylation sites is 1. The summed E-state index contributed by atoms with van der Waals surface area (Å²) in [6.07, 6.45) is 0. The van der Waals surface area contributed by atoms with Crippen LogP contribution in [0.2, 0.25) is 5.02 Å². The Labute approximate surface area is 163 Å². The van der Waals surface area contributed by atoms with E-state index in [4.69, 9.17) is 20.8 Å². The average molecular weight is 439 g/mol. The number of anilines is 1. The fourth-order valence-corrected chi connectivity index (χ4v) is 2.90. The normalized spacial score (nSPS) is 10.6. The van der Waals surface area contributed by atoms with Crippen LogP contribution in [0.25, 0.3) is 0 Å². The Bertz CT molecular complexity index is 937. The predicted octanol–water partition coefficient (Wildman–Crippen LogP) is 5.97. The highest BCUT2D eigenvalue weighted by molar-refractivity contribution is 9.10. The first-order chi connectivity index (χ1) is 12.4. The van der Waals surface area contributed by atoms with E-state index in [-0.39, 0.29) is 18.1 Å². The fourth-order valence-electron chi connectivity index (χ4n) is 2.30. The molecule has 26 heavy (non-hydrogen) atoms. The molecule has 0 spiro atoms. The monoisotopic (exact) mass is 437 g/mol. The molecule has 4 nitrogen and oxygen atoms in total. The zero-order chi connectivity index (χ0) is 18.7. The summed E-state index contributed by atoms with van der Waals surface area (Å²) < 4.78 is 25.5. The van der Waals surface area contributed by atoms with Gasteiger partial charge in [-0.3, -0.25) is 4.79 Å². The number of rotatable bonds is 5. The van der Waals surface area contributed by atoms with Crippen molar-refractivity contribution in [3.63, 3.8) is 0 Å². The number of benzene rings is 2. The topological polar surface area (TPSA) is 51.5 Å². The van der Waals surface area contributed by atoms with Crippen molar-refractivity contribution in [1.29, 1.82) is 0 Å². The largest absolute Gasteiger partial charge is 0.484 e. The Morgan fingerprint density at radius 2 is 2.08 bits per heavy atom. The summed E-state index contributed by atoms with van der Waals surface area (Å²) in [6, 6.07) is 12.9. The minimum absolute atomic E-state index is 0.0572. The van der Waals surface area contributed by atoms with Crippen LogP contribution in [0.4, 0.5) is 10.1 Å². The smallest absolute Gasteiger partial charge is 0.291 e. The summed E-state index contributed by atoms with van der Waals surface area (Å²) in [5, 5.41) is 2.97. The standard InChI is InChI=1S/C19H14BrClFNO3/c1-11-3-2-4-14(21)18(11)25-10-13-6-8-17(26-13)19(24)23-16-7-5-12(20)9-15(16)22/h2-9H,10H2,1H3,(H,23,24). The van der Waals surface area contributed by atoms with E-state index in [0.29, 0.717) is 21.0 Å². The van der Waals surface area contributed by atoms with E-state index in [2.05, 4.69) is 21.2 Å². The summed E-state index contributed by atoms with van der Waals surface area (Å²) in [5.74, 6) is -0.0236. The molecule has 0 atom stereocenters. The summed E-state index contributed by atoms with van der Waals surface area (Å²) >= 11 is 9.27. The molecule has 3 rings (SSSR count). The van der Waals surface area contributed by atoms with E-state index in [1.165, 1.54) is 18.2 Å². The Balaban J connectivity index is 1.66. The number of aryl methyl sites for hydroxylation is 1. The van der Waals surface area contributed by atoms with Gasteiger partial charge >= 0.3 is 0 Å². The number of amides is 1. The molecule has 0 aliphatic rings. The van der Waals surface area contributed by atoms with Gasteiger partial charge in [-0.1, -0.05) is 39.7 Å². The fraction of sp³-hybridized carbons (Fsp3) is 0.105. The second kappa shape index (κ2) is 7.93. The molecular weight excluding hydrogens is 425 g/mol. The lowest BCUT2D eigenvalue weighted by atomic mass is 10.2. The van der Waals surface area contributed by atoms with Gasteiger partial charge in [0.05, 0.1) is 10.7 Å². The molecule has 7 heteroatoms. The SMILES string of the molecule is Cc1cccc(Cl)c1OCc1ccc(C(=O)Nc2ccc(Br)cc2F)o1. The van der Waals surface area contributed by atoms with Crippen LogP contribution in [0.15, 0.2) is 57.4 Å². The van der Waals surface area contributed by atoms with Gasteiger partial charge in [0.2, 0.25) is 0 Å². The number of furan rings is 1. The van der Waals surface area contributed by atoms with E-state index in [1.807, 2.05) is 19.1 Å². The summed E-state index contributed by atoms with van der Waals surface area (Å²) in [4.78, 5) is 12.2. The number of ether oxygens (including phenoxy) is 1. The molecule has 0 saturated heterocycles. The van der Waals surface area contributed by atoms with Crippen LogP contribution in [-0.4, -0.2) is 5.91 Å². The molecule has 0 radical (unpaired) electrons. The van der Waals surface area contributed by atoms with Crippen molar-refractivity contribution < 1.29 is 18.3 Å². The summed E-state index contributed by atoms with van der Waals surface area (Å²) in [6.45, 7) is 2.00. The Morgan fingerprint density at radius 1 is 1.27 bits per heavy atom. The molecule has 2 aromatic carbocycles. The zero-order valence-corrected chi connectivity index (χ0v) is 16.0. The molecule has 1 aromatic heterocycles. The molecule has 0 aliphatic heterocycles. The average Bonchev–Trinajstić information content (AvgIpc) is 3.06. The molecule has 0 saturated carbocycles. The number of carbonyl (C=O) groups is 1. The molecule has 3 aromatic rings. The second-order valence-electron chi connectivity index (χ2n) is 5.52. The minimum Gasteiger partial charge on any atom is -0.484 e. The van der Waals surface area contributed by atoms with E-state index in [9.17, 15) is 9.18 Å². The van der Waals surface area contributed by atoms with Crippen LogP contribution in [-0.2, 0) is 6.61 Å². The lowest BCUT2D eigenvalue weighted by Crippen LogP contribution is -2.12. The third kappa shape index (κ3) is 4.26. The van der Waals surface area contributed by atoms with Gasteiger partial charge in [-0.2, -0.15) is 0 Å². The summed E-state index contributed by atoms with van der Waals surface area (Å²) in [5.41, 5.74) is 0.965. The van der Waals surface area contributed by atoms with Crippen LogP contribution in [0.3, 0.4) is 0 Å². The van der Waals surface area contributed by atoms with E-state index < -0.39 is 11.7 Å². The maximum absolute atomic E-state index is 13.8. The van der Waals surface area contributed by atoms with Crippen molar-refractivity contribution in [2.75, 3.05) is 5.32 Å². The van der Waals surface area contributed by atoms with E-state index >= 15 is 0 Å². The van der Waals surface area contributed by atoms with Gasteiger partial charge in [0.1, 0.15) is 23.9 Å². The van der Waals surface area contributed by atoms with Crippen LogP contribution < -0.4 is 10.1 Å². The third-order valence-corrected chi connectivity index (χ3v) is 4.38. The van der Waals surface area contributed by atoms with Crippen molar-refractivity contribution in [3.8, 4) is 5.75 Å². The van der Waals surface area contributed by atoms with Crippen LogP contribution in [0, 0.1) is 12.7 Å². The number of halogens is 3. The van der Waals surface area contributed by atoms with Gasteiger partial charge in [-0.15, -0.1) is 0 Å². The number of carbonyl (C=O) groups excluding carboxylic acids is 1. The molecule has 0 aliphatic carbocycles. The van der Waals surface area contributed by atoms with E-state index in [0.717, 1.165) is 5.56 Å². The highest BCUT2D eigenvalue weighted by atomic mass is 79.9. The lowest BCUT2D eigenvalue weighted by molar-refractivity contribution is 0.0992. The number of hydrogen-bond donors (Lipinski definition) is 1. The maximum Gasteiger partial charge on any atom is 0.291 e. The Hall–Kier alpha value is -2.31. The predicted molar refractivity (Wildman–Crippen MR) is 101 cm³/mol. The summed E-state index contributed by atoms with van der Waals surface area (Å²) in [7, 11) is 0. The molecule has 0 fully saturated rings. The minimum atomic E-state index is -0.550. The van der Waals surface area contributed by atoms with Gasteiger partial charge < -0.3 is 14.5 Å². The quantitative estimate of drug-likeness (QED) is 0.533. The molecule has 0 bridgehead atoms. The molecule has 1 N–H and O–H groups in total.